The normalized spacial score (nSPS) is 17.3. The summed E-state index contributed by atoms with van der Waals surface area (Å²) in [4.78, 5) is 17.1. The van der Waals surface area contributed by atoms with Crippen LogP contribution in [-0.2, 0) is 11.3 Å². The van der Waals surface area contributed by atoms with E-state index < -0.39 is 0 Å². The monoisotopic (exact) mass is 458 g/mol. The molecule has 5 heteroatoms. The zero-order chi connectivity index (χ0) is 24.3. The summed E-state index contributed by atoms with van der Waals surface area (Å²) in [5.74, 6) is 1.80. The van der Waals surface area contributed by atoms with E-state index in [0.29, 0.717) is 24.8 Å². The van der Waals surface area contributed by atoms with Crippen molar-refractivity contribution in [2.45, 2.75) is 64.8 Å². The van der Waals surface area contributed by atoms with Gasteiger partial charge < -0.3 is 15.2 Å². The first-order valence-corrected chi connectivity index (χ1v) is 11.9. The number of ether oxygens (including phenoxy) is 2. The van der Waals surface area contributed by atoms with E-state index in [1.54, 1.807) is 12.3 Å². The van der Waals surface area contributed by atoms with Gasteiger partial charge in [-0.2, -0.15) is 0 Å². The van der Waals surface area contributed by atoms with Crippen LogP contribution in [0, 0.1) is 5.92 Å². The van der Waals surface area contributed by atoms with Crippen molar-refractivity contribution in [3.05, 3.63) is 78.0 Å². The van der Waals surface area contributed by atoms with Gasteiger partial charge in [0.1, 0.15) is 18.2 Å². The molecule has 2 N–H and O–H groups in total. The minimum atomic E-state index is -0.199. The molecule has 0 aliphatic carbocycles. The predicted octanol–water partition coefficient (Wildman–Crippen LogP) is 6.47. The van der Waals surface area contributed by atoms with Gasteiger partial charge in [-0.15, -0.1) is 0 Å². The summed E-state index contributed by atoms with van der Waals surface area (Å²) in [6.07, 6.45) is 4.12. The number of carbonyl (C=O) groups excluding carboxylic acids is 1. The SMILES string of the molecule is CC1(C)CC(CC(=O)c2ccc(COc3cccc(-c4ccc(N)nc4)c3)cc2)CC(C)(C)O1. The van der Waals surface area contributed by atoms with Crippen LogP contribution in [0.1, 0.15) is 62.9 Å². The molecular weight excluding hydrogens is 424 g/mol. The fourth-order valence-electron chi connectivity index (χ4n) is 5.11. The maximum atomic E-state index is 12.9. The van der Waals surface area contributed by atoms with E-state index in [-0.39, 0.29) is 17.0 Å². The average molecular weight is 459 g/mol. The van der Waals surface area contributed by atoms with Crippen LogP contribution < -0.4 is 10.5 Å². The lowest BCUT2D eigenvalue weighted by molar-refractivity contribution is -0.171. The minimum absolute atomic E-state index is 0.191. The zero-order valence-electron chi connectivity index (χ0n) is 20.5. The molecule has 1 aromatic heterocycles. The molecule has 178 valence electrons. The average Bonchev–Trinajstić information content (AvgIpc) is 2.76. The highest BCUT2D eigenvalue weighted by atomic mass is 16.5. The van der Waals surface area contributed by atoms with Gasteiger partial charge in [0.15, 0.2) is 5.78 Å². The Balaban J connectivity index is 1.35. The molecule has 0 amide bonds. The first kappa shape index (κ1) is 24.0. The molecule has 1 aliphatic rings. The standard InChI is InChI=1S/C29H34N2O3/c1-28(2)16-21(17-29(3,4)34-28)14-26(32)22-10-8-20(9-11-22)19-33-25-7-5-6-23(15-25)24-12-13-27(30)31-18-24/h5-13,15,18,21H,14,16-17,19H2,1-4H3,(H2,30,31). The predicted molar refractivity (Wildman–Crippen MR) is 136 cm³/mol. The zero-order valence-corrected chi connectivity index (χ0v) is 20.5. The maximum absolute atomic E-state index is 12.9. The van der Waals surface area contributed by atoms with Crippen LogP contribution in [0.3, 0.4) is 0 Å². The second-order valence-electron chi connectivity index (χ2n) is 10.5. The van der Waals surface area contributed by atoms with E-state index in [4.69, 9.17) is 15.2 Å². The topological polar surface area (TPSA) is 74.4 Å². The number of pyridine rings is 1. The molecular formula is C29H34N2O3. The second-order valence-corrected chi connectivity index (χ2v) is 10.5. The lowest BCUT2D eigenvalue weighted by atomic mass is 9.78. The van der Waals surface area contributed by atoms with Gasteiger partial charge in [0.05, 0.1) is 11.2 Å². The van der Waals surface area contributed by atoms with E-state index in [0.717, 1.165) is 40.8 Å². The quantitative estimate of drug-likeness (QED) is 0.411. The highest BCUT2D eigenvalue weighted by Crippen LogP contribution is 2.40. The van der Waals surface area contributed by atoms with Gasteiger partial charge in [-0.3, -0.25) is 4.79 Å². The lowest BCUT2D eigenvalue weighted by Gasteiger charge is -2.45. The molecule has 0 spiro atoms. The summed E-state index contributed by atoms with van der Waals surface area (Å²) < 4.78 is 12.2. The number of hydrogen-bond acceptors (Lipinski definition) is 5. The second kappa shape index (κ2) is 9.59. The van der Waals surface area contributed by atoms with E-state index in [1.165, 1.54) is 0 Å². The molecule has 0 bridgehead atoms. The Kier molecular flexibility index (Phi) is 6.76. The van der Waals surface area contributed by atoms with Crippen molar-refractivity contribution in [3.8, 4) is 16.9 Å². The Morgan fingerprint density at radius 1 is 1.00 bits per heavy atom. The Morgan fingerprint density at radius 3 is 2.35 bits per heavy atom. The summed E-state index contributed by atoms with van der Waals surface area (Å²) in [5, 5.41) is 0. The van der Waals surface area contributed by atoms with Crippen LogP contribution in [0.15, 0.2) is 66.9 Å². The molecule has 0 saturated carbocycles. The van der Waals surface area contributed by atoms with Crippen molar-refractivity contribution in [1.29, 1.82) is 0 Å². The number of ketones is 1. The highest BCUT2D eigenvalue weighted by molar-refractivity contribution is 5.96. The number of benzene rings is 2. The van der Waals surface area contributed by atoms with Gasteiger partial charge >= 0.3 is 0 Å². The van der Waals surface area contributed by atoms with Crippen molar-refractivity contribution in [2.75, 3.05) is 5.73 Å². The Bertz CT molecular complexity index is 1120. The molecule has 3 aromatic rings. The molecule has 2 aromatic carbocycles. The summed E-state index contributed by atoms with van der Waals surface area (Å²) >= 11 is 0. The third kappa shape index (κ3) is 6.23. The van der Waals surface area contributed by atoms with Crippen LogP contribution in [0.5, 0.6) is 5.75 Å². The summed E-state index contributed by atoms with van der Waals surface area (Å²) in [5.41, 5.74) is 9.06. The van der Waals surface area contributed by atoms with Crippen molar-refractivity contribution in [2.24, 2.45) is 5.92 Å². The molecule has 0 unspecified atom stereocenters. The summed E-state index contributed by atoms with van der Waals surface area (Å²) in [7, 11) is 0. The van der Waals surface area contributed by atoms with Crippen molar-refractivity contribution in [1.82, 2.24) is 4.98 Å². The highest BCUT2D eigenvalue weighted by Gasteiger charge is 2.39. The van der Waals surface area contributed by atoms with Crippen LogP contribution in [0.25, 0.3) is 11.1 Å². The van der Waals surface area contributed by atoms with E-state index in [1.807, 2.05) is 54.6 Å². The Hall–Kier alpha value is -3.18. The fraction of sp³-hybridized carbons (Fsp3) is 0.379. The van der Waals surface area contributed by atoms with Crippen LogP contribution in [0.4, 0.5) is 5.82 Å². The first-order chi connectivity index (χ1) is 16.1. The fourth-order valence-corrected chi connectivity index (χ4v) is 5.11. The van der Waals surface area contributed by atoms with Gasteiger partial charge in [-0.25, -0.2) is 4.98 Å². The molecule has 1 fully saturated rings. The summed E-state index contributed by atoms with van der Waals surface area (Å²) in [6, 6.07) is 19.4. The third-order valence-corrected chi connectivity index (χ3v) is 6.22. The van der Waals surface area contributed by atoms with Crippen molar-refractivity contribution in [3.63, 3.8) is 0 Å². The molecule has 0 atom stereocenters. The van der Waals surface area contributed by atoms with Gasteiger partial charge in [-0.1, -0.05) is 36.4 Å². The van der Waals surface area contributed by atoms with Crippen LogP contribution in [-0.4, -0.2) is 22.0 Å². The van der Waals surface area contributed by atoms with E-state index >= 15 is 0 Å². The largest absolute Gasteiger partial charge is 0.489 e. The summed E-state index contributed by atoms with van der Waals surface area (Å²) in [6.45, 7) is 8.89. The lowest BCUT2D eigenvalue weighted by Crippen LogP contribution is -2.45. The smallest absolute Gasteiger partial charge is 0.163 e. The Labute approximate surface area is 202 Å². The molecule has 5 nitrogen and oxygen atoms in total. The number of nitrogens with two attached hydrogens (primary N) is 1. The number of nitrogens with zero attached hydrogens (tertiary/aromatic N) is 1. The van der Waals surface area contributed by atoms with Crippen LogP contribution in [0.2, 0.25) is 0 Å². The number of Topliss-reactive ketones (excluding diaryl/α,β-unsaturated/α-hetero) is 1. The van der Waals surface area contributed by atoms with Crippen LogP contribution >= 0.6 is 0 Å². The number of hydrogen-bond donors (Lipinski definition) is 1. The number of anilines is 1. The first-order valence-electron chi connectivity index (χ1n) is 11.9. The number of rotatable bonds is 7. The Morgan fingerprint density at radius 2 is 1.71 bits per heavy atom. The van der Waals surface area contributed by atoms with Gasteiger partial charge in [0.2, 0.25) is 0 Å². The molecule has 0 radical (unpaired) electrons. The van der Waals surface area contributed by atoms with Crippen molar-refractivity contribution >= 4 is 11.6 Å². The molecule has 34 heavy (non-hydrogen) atoms. The van der Waals surface area contributed by atoms with Gasteiger partial charge in [0.25, 0.3) is 0 Å². The molecule has 2 heterocycles. The van der Waals surface area contributed by atoms with Crippen molar-refractivity contribution < 1.29 is 14.3 Å². The minimum Gasteiger partial charge on any atom is -0.489 e. The number of nitrogen functional groups attached to an aromatic ring is 1. The van der Waals surface area contributed by atoms with Gasteiger partial charge in [-0.05, 0) is 81.8 Å². The number of carbonyl (C=O) groups is 1. The van der Waals surface area contributed by atoms with Gasteiger partial charge in [0, 0.05) is 23.7 Å². The molecule has 1 aliphatic heterocycles. The maximum Gasteiger partial charge on any atom is 0.163 e. The van der Waals surface area contributed by atoms with E-state index in [9.17, 15) is 4.79 Å². The molecule has 1 saturated heterocycles. The molecule has 4 rings (SSSR count). The number of aromatic nitrogens is 1. The van der Waals surface area contributed by atoms with E-state index in [2.05, 4.69) is 32.7 Å². The third-order valence-electron chi connectivity index (χ3n) is 6.22.